The Morgan fingerprint density at radius 2 is 1.02 bits per heavy atom. The molecule has 0 amide bonds. The molecule has 2 aromatic heterocycles. The van der Waals surface area contributed by atoms with Gasteiger partial charge in [0.1, 0.15) is 5.58 Å². The van der Waals surface area contributed by atoms with Crippen LogP contribution in [0.25, 0.3) is 85.9 Å². The molecule has 0 aliphatic heterocycles. The van der Waals surface area contributed by atoms with Gasteiger partial charge in [-0.05, 0) is 86.3 Å². The first kappa shape index (κ1) is 30.0. The van der Waals surface area contributed by atoms with E-state index in [1.165, 1.54) is 64.0 Å². The molecule has 0 saturated heterocycles. The fourth-order valence-electron chi connectivity index (χ4n) is 8.19. The summed E-state index contributed by atoms with van der Waals surface area (Å²) in [4.78, 5) is 2.39. The molecule has 0 radical (unpaired) electrons. The van der Waals surface area contributed by atoms with E-state index in [1.807, 2.05) is 17.4 Å². The molecule has 0 atom stereocenters. The summed E-state index contributed by atoms with van der Waals surface area (Å²) in [6.07, 6.45) is 0. The standard InChI is InChI=1S/C50H31NOS/c1-2-12-32(13-3-1)38-19-8-16-34-17-9-20-39(48(34)38)33-26-28-37(29-27-33)51(44-23-10-21-41-40-18-6-7-25-46(40)52-49(41)44)45-24-11-22-42-43-30-35-14-4-5-15-36(35)31-47(43)53-50(42)45/h1-31H. The lowest BCUT2D eigenvalue weighted by Crippen LogP contribution is -2.10. The Morgan fingerprint density at radius 3 is 1.81 bits per heavy atom. The van der Waals surface area contributed by atoms with Crippen LogP contribution in [0.3, 0.4) is 0 Å². The summed E-state index contributed by atoms with van der Waals surface area (Å²) in [6, 6.07) is 67.9. The zero-order valence-electron chi connectivity index (χ0n) is 28.7. The van der Waals surface area contributed by atoms with Crippen LogP contribution >= 0.6 is 11.3 Å². The number of hydrogen-bond acceptors (Lipinski definition) is 3. The molecule has 0 N–H and O–H groups in total. The van der Waals surface area contributed by atoms with Gasteiger partial charge in [0.25, 0.3) is 0 Å². The largest absolute Gasteiger partial charge is 0.454 e. The fourth-order valence-corrected chi connectivity index (χ4v) is 9.43. The number of fused-ring (bicyclic) bond motifs is 8. The van der Waals surface area contributed by atoms with Crippen LogP contribution in [0.4, 0.5) is 17.1 Å². The normalized spacial score (nSPS) is 11.8. The van der Waals surface area contributed by atoms with Gasteiger partial charge in [0.15, 0.2) is 5.58 Å². The monoisotopic (exact) mass is 693 g/mol. The van der Waals surface area contributed by atoms with Gasteiger partial charge in [0.2, 0.25) is 0 Å². The lowest BCUT2D eigenvalue weighted by molar-refractivity contribution is 0.669. The summed E-state index contributed by atoms with van der Waals surface area (Å²) < 4.78 is 9.22. The molecule has 0 saturated carbocycles. The van der Waals surface area contributed by atoms with E-state index in [-0.39, 0.29) is 0 Å². The number of rotatable bonds is 5. The minimum absolute atomic E-state index is 0.878. The molecule has 2 nitrogen and oxygen atoms in total. The van der Waals surface area contributed by atoms with Gasteiger partial charge in [-0.15, -0.1) is 11.3 Å². The molecule has 0 aliphatic carbocycles. The molecular weight excluding hydrogens is 663 g/mol. The third-order valence-electron chi connectivity index (χ3n) is 10.6. The number of hydrogen-bond donors (Lipinski definition) is 0. The van der Waals surface area contributed by atoms with Crippen molar-refractivity contribution in [2.75, 3.05) is 4.90 Å². The summed E-state index contributed by atoms with van der Waals surface area (Å²) >= 11 is 1.86. The van der Waals surface area contributed by atoms with Gasteiger partial charge < -0.3 is 9.32 Å². The van der Waals surface area contributed by atoms with Crippen LogP contribution < -0.4 is 4.90 Å². The number of para-hydroxylation sites is 2. The van der Waals surface area contributed by atoms with Gasteiger partial charge in [0.05, 0.1) is 16.1 Å². The van der Waals surface area contributed by atoms with E-state index in [2.05, 4.69) is 187 Å². The Bertz CT molecular complexity index is 3170. The highest BCUT2D eigenvalue weighted by Crippen LogP contribution is 2.48. The van der Waals surface area contributed by atoms with Crippen molar-refractivity contribution in [2.24, 2.45) is 0 Å². The molecule has 0 spiro atoms. The topological polar surface area (TPSA) is 16.4 Å². The van der Waals surface area contributed by atoms with Gasteiger partial charge in [-0.1, -0.05) is 146 Å². The minimum atomic E-state index is 0.878. The first-order valence-corrected chi connectivity index (χ1v) is 18.8. The Morgan fingerprint density at radius 1 is 0.415 bits per heavy atom. The van der Waals surface area contributed by atoms with Crippen LogP contribution in [0.2, 0.25) is 0 Å². The molecule has 11 rings (SSSR count). The van der Waals surface area contributed by atoms with Crippen LogP contribution in [-0.4, -0.2) is 0 Å². The van der Waals surface area contributed by atoms with E-state index in [4.69, 9.17) is 4.42 Å². The van der Waals surface area contributed by atoms with Gasteiger partial charge >= 0.3 is 0 Å². The summed E-state index contributed by atoms with van der Waals surface area (Å²) in [7, 11) is 0. The highest BCUT2D eigenvalue weighted by molar-refractivity contribution is 7.26. The van der Waals surface area contributed by atoms with Crippen molar-refractivity contribution in [3.8, 4) is 22.3 Å². The number of benzene rings is 9. The van der Waals surface area contributed by atoms with E-state index in [9.17, 15) is 0 Å². The second-order valence-corrected chi connectivity index (χ2v) is 14.7. The molecule has 3 heteroatoms. The predicted octanol–water partition coefficient (Wildman–Crippen LogP) is 15.1. The lowest BCUT2D eigenvalue weighted by atomic mass is 9.91. The van der Waals surface area contributed by atoms with Crippen molar-refractivity contribution in [3.05, 3.63) is 188 Å². The molecule has 0 bridgehead atoms. The van der Waals surface area contributed by atoms with Crippen LogP contribution in [0.15, 0.2) is 192 Å². The molecule has 248 valence electrons. The highest BCUT2D eigenvalue weighted by Gasteiger charge is 2.23. The Labute approximate surface area is 310 Å². The van der Waals surface area contributed by atoms with Crippen molar-refractivity contribution in [3.63, 3.8) is 0 Å². The molecule has 0 unspecified atom stereocenters. The molecule has 0 fully saturated rings. The molecule has 53 heavy (non-hydrogen) atoms. The molecule has 0 aliphatic rings. The van der Waals surface area contributed by atoms with E-state index in [0.717, 1.165) is 39.0 Å². The molecule has 11 aromatic rings. The van der Waals surface area contributed by atoms with Gasteiger partial charge in [-0.3, -0.25) is 0 Å². The SMILES string of the molecule is c1ccc(-c2cccc3cccc(-c4ccc(N(c5cccc6c5oc5ccccc56)c5cccc6c5sc5cc7ccccc7cc56)cc4)c23)cc1. The maximum absolute atomic E-state index is 6.69. The molecule has 9 aromatic carbocycles. The Hall–Kier alpha value is -6.68. The Kier molecular flexibility index (Phi) is 6.76. The van der Waals surface area contributed by atoms with Crippen molar-refractivity contribution in [1.82, 2.24) is 0 Å². The number of nitrogens with zero attached hydrogens (tertiary/aromatic N) is 1. The predicted molar refractivity (Wildman–Crippen MR) is 227 cm³/mol. The highest BCUT2D eigenvalue weighted by atomic mass is 32.1. The van der Waals surface area contributed by atoms with Crippen molar-refractivity contribution in [1.29, 1.82) is 0 Å². The van der Waals surface area contributed by atoms with Crippen molar-refractivity contribution in [2.45, 2.75) is 0 Å². The maximum atomic E-state index is 6.69. The first-order chi connectivity index (χ1) is 26.3. The molecular formula is C50H31NOS. The van der Waals surface area contributed by atoms with E-state index >= 15 is 0 Å². The zero-order chi connectivity index (χ0) is 34.9. The van der Waals surface area contributed by atoms with E-state index in [0.29, 0.717) is 0 Å². The van der Waals surface area contributed by atoms with E-state index in [1.54, 1.807) is 0 Å². The summed E-state index contributed by atoms with van der Waals surface area (Å²) in [6.45, 7) is 0. The zero-order valence-corrected chi connectivity index (χ0v) is 29.5. The maximum Gasteiger partial charge on any atom is 0.159 e. The molecule has 2 heterocycles. The summed E-state index contributed by atoms with van der Waals surface area (Å²) in [5, 5.41) is 9.79. The second-order valence-electron chi connectivity index (χ2n) is 13.7. The van der Waals surface area contributed by atoms with Crippen LogP contribution in [0.1, 0.15) is 0 Å². The number of thiophene rings is 1. The average Bonchev–Trinajstić information content (AvgIpc) is 3.79. The quantitative estimate of drug-likeness (QED) is 0.178. The minimum Gasteiger partial charge on any atom is -0.454 e. The van der Waals surface area contributed by atoms with Gasteiger partial charge in [-0.25, -0.2) is 0 Å². The second kappa shape index (κ2) is 11.9. The smallest absolute Gasteiger partial charge is 0.159 e. The average molecular weight is 694 g/mol. The number of furan rings is 1. The van der Waals surface area contributed by atoms with Crippen LogP contribution in [0.5, 0.6) is 0 Å². The van der Waals surface area contributed by atoms with Gasteiger partial charge in [0, 0.05) is 31.9 Å². The third-order valence-corrected chi connectivity index (χ3v) is 11.8. The number of anilines is 3. The Balaban J connectivity index is 1.14. The van der Waals surface area contributed by atoms with Crippen LogP contribution in [-0.2, 0) is 0 Å². The van der Waals surface area contributed by atoms with Crippen molar-refractivity contribution >= 4 is 92.1 Å². The first-order valence-electron chi connectivity index (χ1n) is 18.0. The summed E-state index contributed by atoms with van der Waals surface area (Å²) in [5.41, 5.74) is 9.84. The van der Waals surface area contributed by atoms with Crippen LogP contribution in [0, 0.1) is 0 Å². The van der Waals surface area contributed by atoms with E-state index < -0.39 is 0 Å². The third kappa shape index (κ3) is 4.78. The lowest BCUT2D eigenvalue weighted by Gasteiger charge is -2.26. The van der Waals surface area contributed by atoms with Crippen molar-refractivity contribution < 1.29 is 4.42 Å². The summed E-state index contributed by atoms with van der Waals surface area (Å²) in [5.74, 6) is 0. The fraction of sp³-hybridized carbons (Fsp3) is 0. The van der Waals surface area contributed by atoms with Gasteiger partial charge in [-0.2, -0.15) is 0 Å².